The number of ether oxygens (including phenoxy) is 2. The Hall–Kier alpha value is 0.314. The van der Waals surface area contributed by atoms with Gasteiger partial charge in [-0.1, -0.05) is 6.92 Å². The van der Waals surface area contributed by atoms with Crippen LogP contribution in [0.15, 0.2) is 0 Å². The zero-order chi connectivity index (χ0) is 13.6. The van der Waals surface area contributed by atoms with Gasteiger partial charge >= 0.3 is 0 Å². The lowest BCUT2D eigenvalue weighted by atomic mass is 9.84. The molecule has 1 fully saturated rings. The van der Waals surface area contributed by atoms with Crippen molar-refractivity contribution in [3.05, 3.63) is 0 Å². The third-order valence-electron chi connectivity index (χ3n) is 3.60. The summed E-state index contributed by atoms with van der Waals surface area (Å²) in [6.45, 7) is 14.9. The third kappa shape index (κ3) is 5.53. The van der Waals surface area contributed by atoms with Crippen molar-refractivity contribution in [2.45, 2.75) is 52.0 Å². The molecule has 0 atom stereocenters. The Balaban J connectivity index is 2.08. The van der Waals surface area contributed by atoms with Gasteiger partial charge in [-0.2, -0.15) is 0 Å². The second-order valence-electron chi connectivity index (χ2n) is 6.43. The number of rotatable bonds is 9. The molecule has 0 aromatic carbocycles. The molecule has 1 aliphatic rings. The van der Waals surface area contributed by atoms with E-state index in [9.17, 15) is 0 Å². The Labute approximate surface area is 115 Å². The lowest BCUT2D eigenvalue weighted by Crippen LogP contribution is -2.45. The first-order valence-corrected chi connectivity index (χ1v) is 13.1. The minimum Gasteiger partial charge on any atom is -0.458 e. The van der Waals surface area contributed by atoms with E-state index >= 15 is 0 Å². The van der Waals surface area contributed by atoms with Gasteiger partial charge in [0, 0.05) is 12.0 Å². The molecule has 108 valence electrons. The molecule has 5 heteroatoms. The Bertz CT molecular complexity index is 235. The zero-order valence-corrected chi connectivity index (χ0v) is 14.9. The third-order valence-corrected chi connectivity index (χ3v) is 9.59. The second-order valence-corrected chi connectivity index (χ2v) is 13.5. The van der Waals surface area contributed by atoms with Gasteiger partial charge in [0.05, 0.1) is 19.8 Å². The minimum atomic E-state index is -1.41. The van der Waals surface area contributed by atoms with Crippen LogP contribution in [-0.2, 0) is 13.6 Å². The average Bonchev–Trinajstić information content (AvgIpc) is 2.19. The molecule has 0 unspecified atom stereocenters. The summed E-state index contributed by atoms with van der Waals surface area (Å²) in [6.07, 6.45) is 2.30. The summed E-state index contributed by atoms with van der Waals surface area (Å²) in [5.41, 5.74) is 0.328. The Morgan fingerprint density at radius 3 is 2.39 bits per heavy atom. The molecule has 0 spiro atoms. The maximum atomic E-state index is 6.14. The molecule has 1 rings (SSSR count). The standard InChI is InChI=1S/C13H30O3Si2/c1-6-13(11-15-12-13)10-14-8-7-9-18(4,5)16-17(2)3/h17H,6-12H2,1-5H3. The van der Waals surface area contributed by atoms with Crippen LogP contribution in [-0.4, -0.2) is 43.8 Å². The summed E-state index contributed by atoms with van der Waals surface area (Å²) < 4.78 is 17.3. The van der Waals surface area contributed by atoms with E-state index in [-0.39, 0.29) is 0 Å². The molecule has 1 saturated heterocycles. The van der Waals surface area contributed by atoms with Crippen molar-refractivity contribution in [1.29, 1.82) is 0 Å². The van der Waals surface area contributed by atoms with Gasteiger partial charge in [-0.3, -0.25) is 0 Å². The largest absolute Gasteiger partial charge is 0.458 e. The van der Waals surface area contributed by atoms with Gasteiger partial charge in [0.25, 0.3) is 0 Å². The molecule has 0 amide bonds. The first-order valence-electron chi connectivity index (χ1n) is 7.22. The molecular formula is C13H30O3Si2. The number of hydrogen-bond donors (Lipinski definition) is 0. The van der Waals surface area contributed by atoms with Gasteiger partial charge in [0.15, 0.2) is 17.4 Å². The van der Waals surface area contributed by atoms with Crippen LogP contribution in [0.25, 0.3) is 0 Å². The quantitative estimate of drug-likeness (QED) is 0.482. The maximum Gasteiger partial charge on any atom is 0.173 e. The zero-order valence-electron chi connectivity index (χ0n) is 12.8. The van der Waals surface area contributed by atoms with Crippen LogP contribution in [0.3, 0.4) is 0 Å². The van der Waals surface area contributed by atoms with Crippen molar-refractivity contribution in [2.24, 2.45) is 5.41 Å². The van der Waals surface area contributed by atoms with E-state index in [0.717, 1.165) is 39.3 Å². The molecule has 0 aromatic heterocycles. The normalized spacial score (nSPS) is 19.0. The first-order chi connectivity index (χ1) is 8.39. The van der Waals surface area contributed by atoms with Crippen molar-refractivity contribution in [1.82, 2.24) is 0 Å². The topological polar surface area (TPSA) is 27.7 Å². The van der Waals surface area contributed by atoms with Crippen molar-refractivity contribution in [3.63, 3.8) is 0 Å². The number of hydrogen-bond acceptors (Lipinski definition) is 3. The first kappa shape index (κ1) is 16.4. The highest BCUT2D eigenvalue weighted by Gasteiger charge is 2.36. The van der Waals surface area contributed by atoms with E-state index < -0.39 is 17.4 Å². The van der Waals surface area contributed by atoms with Crippen LogP contribution < -0.4 is 0 Å². The van der Waals surface area contributed by atoms with Crippen molar-refractivity contribution in [2.75, 3.05) is 26.4 Å². The highest BCUT2D eigenvalue weighted by atomic mass is 28.4. The predicted molar refractivity (Wildman–Crippen MR) is 81.2 cm³/mol. The Morgan fingerprint density at radius 2 is 1.94 bits per heavy atom. The summed E-state index contributed by atoms with van der Waals surface area (Å²) in [4.78, 5) is 0. The fraction of sp³-hybridized carbons (Fsp3) is 1.00. The highest BCUT2D eigenvalue weighted by Crippen LogP contribution is 2.31. The van der Waals surface area contributed by atoms with E-state index in [2.05, 4.69) is 33.1 Å². The fourth-order valence-electron chi connectivity index (χ4n) is 2.37. The average molecular weight is 291 g/mol. The molecule has 1 aliphatic heterocycles. The van der Waals surface area contributed by atoms with E-state index in [1.54, 1.807) is 0 Å². The molecular weight excluding hydrogens is 260 g/mol. The monoisotopic (exact) mass is 290 g/mol. The lowest BCUT2D eigenvalue weighted by molar-refractivity contribution is -0.150. The van der Waals surface area contributed by atoms with Crippen LogP contribution in [0.1, 0.15) is 19.8 Å². The second kappa shape index (κ2) is 7.19. The molecule has 0 N–H and O–H groups in total. The minimum absolute atomic E-state index is 0.328. The van der Waals surface area contributed by atoms with Gasteiger partial charge in [-0.25, -0.2) is 0 Å². The van der Waals surface area contributed by atoms with Crippen LogP contribution >= 0.6 is 0 Å². The smallest absolute Gasteiger partial charge is 0.173 e. The molecule has 1 heterocycles. The van der Waals surface area contributed by atoms with Gasteiger partial charge in [-0.15, -0.1) is 0 Å². The van der Waals surface area contributed by atoms with E-state index in [4.69, 9.17) is 13.6 Å². The Kier molecular flexibility index (Phi) is 6.54. The van der Waals surface area contributed by atoms with E-state index in [1.807, 2.05) is 0 Å². The van der Waals surface area contributed by atoms with Gasteiger partial charge in [0.1, 0.15) is 0 Å². The van der Waals surface area contributed by atoms with Crippen molar-refractivity contribution < 1.29 is 13.6 Å². The summed E-state index contributed by atoms with van der Waals surface area (Å²) in [5, 5.41) is 0. The summed E-state index contributed by atoms with van der Waals surface area (Å²) >= 11 is 0. The van der Waals surface area contributed by atoms with Crippen LogP contribution in [0.4, 0.5) is 0 Å². The van der Waals surface area contributed by atoms with Crippen LogP contribution in [0.5, 0.6) is 0 Å². The lowest BCUT2D eigenvalue weighted by Gasteiger charge is -2.40. The molecule has 3 nitrogen and oxygen atoms in total. The van der Waals surface area contributed by atoms with Gasteiger partial charge in [-0.05, 0) is 45.1 Å². The van der Waals surface area contributed by atoms with Crippen molar-refractivity contribution in [3.8, 4) is 0 Å². The molecule has 0 bridgehead atoms. The molecule has 18 heavy (non-hydrogen) atoms. The van der Waals surface area contributed by atoms with E-state index in [1.165, 1.54) is 6.04 Å². The maximum absolute atomic E-state index is 6.14. The van der Waals surface area contributed by atoms with Crippen LogP contribution in [0.2, 0.25) is 32.2 Å². The SMILES string of the molecule is CCC1(COCCC[Si](C)(C)O[SiH](C)C)COC1. The van der Waals surface area contributed by atoms with Gasteiger partial charge in [0.2, 0.25) is 0 Å². The van der Waals surface area contributed by atoms with E-state index in [0.29, 0.717) is 5.41 Å². The molecule has 0 aromatic rings. The Morgan fingerprint density at radius 1 is 1.28 bits per heavy atom. The molecule has 0 radical (unpaired) electrons. The van der Waals surface area contributed by atoms with Crippen molar-refractivity contribution >= 4 is 17.4 Å². The fourth-order valence-corrected chi connectivity index (χ4v) is 8.94. The molecule has 0 aliphatic carbocycles. The summed E-state index contributed by atoms with van der Waals surface area (Å²) in [7, 11) is -2.29. The van der Waals surface area contributed by atoms with Crippen LogP contribution in [0, 0.1) is 5.41 Å². The predicted octanol–water partition coefficient (Wildman–Crippen LogP) is 3.02. The highest BCUT2D eigenvalue weighted by molar-refractivity contribution is 6.77. The molecule has 0 saturated carbocycles. The summed E-state index contributed by atoms with van der Waals surface area (Å²) in [6, 6.07) is 1.22. The summed E-state index contributed by atoms with van der Waals surface area (Å²) in [5.74, 6) is 0. The van der Waals surface area contributed by atoms with Gasteiger partial charge < -0.3 is 13.6 Å².